The number of nitrogens with zero attached hydrogens (tertiary/aromatic N) is 1. The second kappa shape index (κ2) is 2.31. The van der Waals surface area contributed by atoms with Crippen molar-refractivity contribution in [3.05, 3.63) is 24.1 Å². The van der Waals surface area contributed by atoms with Gasteiger partial charge < -0.3 is 4.52 Å². The van der Waals surface area contributed by atoms with Crippen molar-refractivity contribution in [3.63, 3.8) is 0 Å². The molecule has 0 radical (unpaired) electrons. The smallest absolute Gasteiger partial charge is 0.159 e. The highest BCUT2D eigenvalue weighted by Crippen LogP contribution is 1.97. The van der Waals surface area contributed by atoms with E-state index >= 15 is 0 Å². The minimum Gasteiger partial charge on any atom is -0.357 e. The molecule has 0 saturated heterocycles. The Bertz CT molecular complexity index is 165. The van der Waals surface area contributed by atoms with Gasteiger partial charge in [-0.25, -0.2) is 0 Å². The third-order valence-corrected chi connectivity index (χ3v) is 0.789. The molecule has 42 valence electrons. The van der Waals surface area contributed by atoms with Crippen LogP contribution in [0.1, 0.15) is 12.7 Å². The topological polar surface area (TPSA) is 26.0 Å². The van der Waals surface area contributed by atoms with E-state index in [2.05, 4.69) is 5.16 Å². The molecule has 0 aliphatic heterocycles. The van der Waals surface area contributed by atoms with Crippen LogP contribution < -0.4 is 0 Å². The number of allylic oxidation sites excluding steroid dienone is 1. The van der Waals surface area contributed by atoms with Gasteiger partial charge in [-0.15, -0.1) is 0 Å². The standard InChI is InChI=1S/C6H7NO/c1-2-3-6-4-5-7-8-6/h2-5H,1H3. The predicted octanol–water partition coefficient (Wildman–Crippen LogP) is 1.71. The maximum absolute atomic E-state index is 4.74. The van der Waals surface area contributed by atoms with Crippen LogP contribution in [0.5, 0.6) is 0 Å². The molecule has 0 atom stereocenters. The van der Waals surface area contributed by atoms with E-state index in [-0.39, 0.29) is 0 Å². The third-order valence-electron chi connectivity index (χ3n) is 0.789. The zero-order valence-electron chi connectivity index (χ0n) is 4.66. The monoisotopic (exact) mass is 109 g/mol. The van der Waals surface area contributed by atoms with Gasteiger partial charge in [0, 0.05) is 6.07 Å². The Kier molecular flexibility index (Phi) is 1.47. The summed E-state index contributed by atoms with van der Waals surface area (Å²) < 4.78 is 4.74. The molecule has 8 heavy (non-hydrogen) atoms. The van der Waals surface area contributed by atoms with Crippen LogP contribution in [0.4, 0.5) is 0 Å². The van der Waals surface area contributed by atoms with Crippen molar-refractivity contribution in [1.82, 2.24) is 5.16 Å². The fourth-order valence-corrected chi connectivity index (χ4v) is 0.476. The van der Waals surface area contributed by atoms with Gasteiger partial charge in [-0.3, -0.25) is 0 Å². The molecule has 0 aliphatic rings. The average molecular weight is 109 g/mol. The number of aromatic nitrogens is 1. The van der Waals surface area contributed by atoms with Gasteiger partial charge in [0.15, 0.2) is 5.76 Å². The lowest BCUT2D eigenvalue weighted by Crippen LogP contribution is -1.55. The summed E-state index contributed by atoms with van der Waals surface area (Å²) >= 11 is 0. The van der Waals surface area contributed by atoms with Gasteiger partial charge in [-0.05, 0) is 13.0 Å². The molecule has 0 bridgehead atoms. The first-order chi connectivity index (χ1) is 3.93. The third kappa shape index (κ3) is 0.964. The summed E-state index contributed by atoms with van der Waals surface area (Å²) in [5.41, 5.74) is 0. The van der Waals surface area contributed by atoms with E-state index in [1.54, 1.807) is 12.3 Å². The minimum atomic E-state index is 0.799. The van der Waals surface area contributed by atoms with E-state index in [0.29, 0.717) is 0 Å². The quantitative estimate of drug-likeness (QED) is 0.548. The van der Waals surface area contributed by atoms with Crippen molar-refractivity contribution in [2.24, 2.45) is 0 Å². The summed E-state index contributed by atoms with van der Waals surface area (Å²) in [5, 5.41) is 3.51. The Morgan fingerprint density at radius 2 is 2.62 bits per heavy atom. The molecule has 0 saturated carbocycles. The second-order valence-corrected chi connectivity index (χ2v) is 1.41. The molecule has 0 spiro atoms. The van der Waals surface area contributed by atoms with E-state index in [4.69, 9.17) is 4.52 Å². The Morgan fingerprint density at radius 3 is 3.12 bits per heavy atom. The average Bonchev–Trinajstić information content (AvgIpc) is 2.19. The highest BCUT2D eigenvalue weighted by atomic mass is 16.5. The molecular formula is C6H7NO. The fourth-order valence-electron chi connectivity index (χ4n) is 0.476. The lowest BCUT2D eigenvalue weighted by molar-refractivity contribution is 0.412. The highest BCUT2D eigenvalue weighted by molar-refractivity contribution is 5.40. The first-order valence-corrected chi connectivity index (χ1v) is 2.47. The normalized spacial score (nSPS) is 10.6. The van der Waals surface area contributed by atoms with Gasteiger partial charge in [0.2, 0.25) is 0 Å². The molecule has 0 N–H and O–H groups in total. The molecule has 1 heterocycles. The van der Waals surface area contributed by atoms with Gasteiger partial charge >= 0.3 is 0 Å². The zero-order valence-corrected chi connectivity index (χ0v) is 4.66. The Balaban J connectivity index is 2.77. The van der Waals surface area contributed by atoms with Crippen molar-refractivity contribution in [2.75, 3.05) is 0 Å². The van der Waals surface area contributed by atoms with Crippen molar-refractivity contribution in [3.8, 4) is 0 Å². The Hall–Kier alpha value is -1.05. The van der Waals surface area contributed by atoms with Crippen molar-refractivity contribution in [1.29, 1.82) is 0 Å². The molecule has 0 fully saturated rings. The zero-order chi connectivity index (χ0) is 5.82. The summed E-state index contributed by atoms with van der Waals surface area (Å²) in [4.78, 5) is 0. The number of hydrogen-bond acceptors (Lipinski definition) is 2. The van der Waals surface area contributed by atoms with Crippen LogP contribution >= 0.6 is 0 Å². The van der Waals surface area contributed by atoms with Crippen LogP contribution in [0, 0.1) is 0 Å². The minimum absolute atomic E-state index is 0.799. The summed E-state index contributed by atoms with van der Waals surface area (Å²) in [7, 11) is 0. The van der Waals surface area contributed by atoms with Crippen LogP contribution in [-0.4, -0.2) is 5.16 Å². The van der Waals surface area contributed by atoms with Crippen molar-refractivity contribution < 1.29 is 4.52 Å². The summed E-state index contributed by atoms with van der Waals surface area (Å²) in [6.45, 7) is 1.93. The van der Waals surface area contributed by atoms with E-state index in [1.165, 1.54) is 0 Å². The van der Waals surface area contributed by atoms with Crippen LogP contribution in [0.2, 0.25) is 0 Å². The summed E-state index contributed by atoms with van der Waals surface area (Å²) in [5.74, 6) is 0.799. The number of rotatable bonds is 1. The molecule has 0 amide bonds. The first kappa shape index (κ1) is 5.09. The van der Waals surface area contributed by atoms with Gasteiger partial charge in [-0.1, -0.05) is 11.2 Å². The van der Waals surface area contributed by atoms with Crippen molar-refractivity contribution >= 4 is 6.08 Å². The van der Waals surface area contributed by atoms with Gasteiger partial charge in [0.05, 0.1) is 6.20 Å². The predicted molar refractivity (Wildman–Crippen MR) is 31.2 cm³/mol. The van der Waals surface area contributed by atoms with E-state index in [9.17, 15) is 0 Å². The molecular weight excluding hydrogens is 102 g/mol. The van der Waals surface area contributed by atoms with E-state index in [1.807, 2.05) is 19.1 Å². The molecule has 2 nitrogen and oxygen atoms in total. The Morgan fingerprint density at radius 1 is 1.75 bits per heavy atom. The van der Waals surface area contributed by atoms with Crippen molar-refractivity contribution in [2.45, 2.75) is 6.92 Å². The second-order valence-electron chi connectivity index (χ2n) is 1.41. The lowest BCUT2D eigenvalue weighted by Gasteiger charge is -1.73. The molecule has 2 heteroatoms. The summed E-state index contributed by atoms with van der Waals surface area (Å²) in [6.07, 6.45) is 5.38. The van der Waals surface area contributed by atoms with Gasteiger partial charge in [0.1, 0.15) is 0 Å². The molecule has 1 rings (SSSR count). The van der Waals surface area contributed by atoms with Gasteiger partial charge in [0.25, 0.3) is 0 Å². The fraction of sp³-hybridized carbons (Fsp3) is 0.167. The van der Waals surface area contributed by atoms with Crippen LogP contribution in [0.3, 0.4) is 0 Å². The number of hydrogen-bond donors (Lipinski definition) is 0. The van der Waals surface area contributed by atoms with Crippen LogP contribution in [0.15, 0.2) is 22.9 Å². The van der Waals surface area contributed by atoms with Gasteiger partial charge in [-0.2, -0.15) is 0 Å². The van der Waals surface area contributed by atoms with Crippen LogP contribution in [0.25, 0.3) is 6.08 Å². The summed E-state index contributed by atoms with van der Waals surface area (Å²) in [6, 6.07) is 1.81. The molecule has 1 aromatic rings. The van der Waals surface area contributed by atoms with E-state index in [0.717, 1.165) is 5.76 Å². The van der Waals surface area contributed by atoms with E-state index < -0.39 is 0 Å². The maximum atomic E-state index is 4.74. The highest BCUT2D eigenvalue weighted by Gasteiger charge is 1.83. The molecule has 0 aromatic carbocycles. The Labute approximate surface area is 47.8 Å². The SMILES string of the molecule is CC=Cc1ccno1. The molecule has 1 aromatic heterocycles. The first-order valence-electron chi connectivity index (χ1n) is 2.47. The maximum Gasteiger partial charge on any atom is 0.159 e. The van der Waals surface area contributed by atoms with Crippen LogP contribution in [-0.2, 0) is 0 Å². The lowest BCUT2D eigenvalue weighted by atomic mass is 10.4. The largest absolute Gasteiger partial charge is 0.357 e. The molecule has 0 unspecified atom stereocenters. The molecule has 0 aliphatic carbocycles.